The normalized spacial score (nSPS) is 12.1. The van der Waals surface area contributed by atoms with Crippen molar-refractivity contribution in [1.82, 2.24) is 47.8 Å². The summed E-state index contributed by atoms with van der Waals surface area (Å²) in [6.45, 7) is 0. The topological polar surface area (TPSA) is 102 Å². The predicted molar refractivity (Wildman–Crippen MR) is 629 cm³/mol. The highest BCUT2D eigenvalue weighted by Crippen LogP contribution is 2.51. The lowest BCUT2D eigenvalue weighted by molar-refractivity contribution is 0.602. The Morgan fingerprint density at radius 2 is 0.510 bits per heavy atom. The van der Waals surface area contributed by atoms with Gasteiger partial charge in [-0.05, 0) is 194 Å². The van der Waals surface area contributed by atoms with Crippen LogP contribution in [0.3, 0.4) is 0 Å². The van der Waals surface area contributed by atoms with E-state index in [-0.39, 0.29) is 0 Å². The fourth-order valence-electron chi connectivity index (χ4n) is 22.5. The van der Waals surface area contributed by atoms with Crippen molar-refractivity contribution in [3.63, 3.8) is 0 Å². The van der Waals surface area contributed by atoms with E-state index in [1.165, 1.54) is 258 Å². The number of fused-ring (bicyclic) bond motifs is 39. The summed E-state index contributed by atoms with van der Waals surface area (Å²) in [6, 6.07) is 143. The van der Waals surface area contributed by atoms with Crippen LogP contribution in [0, 0.1) is 0 Å². The Morgan fingerprint density at radius 3 is 1.01 bits per heavy atom. The molecule has 0 N–H and O–H groups in total. The van der Waals surface area contributed by atoms with Gasteiger partial charge in [-0.3, -0.25) is 0 Å². The SMILES string of the molecule is c1ccc2c(c1)sc1c2ccc2c1c1ccccc1n2-c1ccc2ncsc2c1.c1ccc2c(c1)sc1c2ccc2c1c1ccccc1n2-c1ccc2ocnc2c1.c1ccc2c(c1)sc1cc3c(cc12)c1ccccc1n3-c1ccc2ncsc2c1.c1ccc2c(c1)sc1ccc3c(c4ccccc4n3-c3ccc4ncsc4c3)c12.c1ccc2c(c1)sc1ccc3c4ccccc4n(-c4ccc5ncsc5c4)c3c12. The van der Waals surface area contributed by atoms with Gasteiger partial charge in [-0.2, -0.15) is 0 Å². The summed E-state index contributed by atoms with van der Waals surface area (Å²) in [5.41, 5.74) is 31.9. The predicted octanol–water partition coefficient (Wildman–Crippen LogP) is 38.3. The number of hydrogen-bond acceptors (Lipinski definition) is 15. The maximum Gasteiger partial charge on any atom is 0.181 e. The van der Waals surface area contributed by atoms with Crippen LogP contribution in [0.2, 0.25) is 0 Å². The molecule has 35 rings (SSSR count). The van der Waals surface area contributed by atoms with Crippen molar-refractivity contribution >= 4 is 364 Å². The van der Waals surface area contributed by atoms with E-state index in [0.717, 1.165) is 38.9 Å². The van der Waals surface area contributed by atoms with Gasteiger partial charge in [0.05, 0.1) is 118 Å². The summed E-state index contributed by atoms with van der Waals surface area (Å²) in [5, 5.41) is 26.6. The van der Waals surface area contributed by atoms with Gasteiger partial charge in [-0.1, -0.05) is 200 Å². The van der Waals surface area contributed by atoms with Crippen LogP contribution in [0.5, 0.6) is 0 Å². The Morgan fingerprint density at radius 1 is 0.172 bits per heavy atom. The lowest BCUT2D eigenvalue weighted by atomic mass is 10.1. The van der Waals surface area contributed by atoms with E-state index in [9.17, 15) is 0 Å². The first-order valence-corrected chi connectivity index (χ1v) is 55.4. The van der Waals surface area contributed by atoms with Crippen LogP contribution in [0.25, 0.3) is 290 Å². The quantitative estimate of drug-likeness (QED) is 0.170. The summed E-state index contributed by atoms with van der Waals surface area (Å²) in [4.78, 5) is 22.1. The number of rotatable bonds is 5. The molecule has 15 heterocycles. The molecule has 0 saturated heterocycles. The second-order valence-electron chi connectivity index (χ2n) is 36.5. The summed E-state index contributed by atoms with van der Waals surface area (Å²) in [7, 11) is 0. The van der Waals surface area contributed by atoms with Gasteiger partial charge in [0, 0.05) is 183 Å². The second kappa shape index (κ2) is 33.1. The number of thiazole rings is 4. The average molecular weight is 2020 g/mol. The van der Waals surface area contributed by atoms with E-state index in [0.29, 0.717) is 0 Å². The van der Waals surface area contributed by atoms with Gasteiger partial charge in [0.25, 0.3) is 0 Å². The molecule has 0 atom stereocenters. The molecule has 680 valence electrons. The van der Waals surface area contributed by atoms with Crippen molar-refractivity contribution < 1.29 is 4.42 Å². The zero-order valence-electron chi connectivity index (χ0n) is 76.5. The summed E-state index contributed by atoms with van der Waals surface area (Å²) >= 11 is 16.2. The van der Waals surface area contributed by atoms with Gasteiger partial charge in [-0.15, -0.1) is 102 Å². The molecule has 0 aliphatic carbocycles. The monoisotopic (exact) mass is 2010 g/mol. The van der Waals surface area contributed by atoms with E-state index in [4.69, 9.17) is 4.42 Å². The van der Waals surface area contributed by atoms with E-state index in [1.54, 1.807) is 45.3 Å². The molecule has 20 aromatic carbocycles. The first-order valence-electron chi connectivity index (χ1n) is 47.8. The lowest BCUT2D eigenvalue weighted by Crippen LogP contribution is -1.93. The fraction of sp³-hybridized carbons (Fsp3) is 0. The summed E-state index contributed by atoms with van der Waals surface area (Å²) < 4.78 is 35.7. The minimum Gasteiger partial charge on any atom is -0.443 e. The van der Waals surface area contributed by atoms with Crippen LogP contribution in [0.15, 0.2) is 427 Å². The molecule has 0 aliphatic heterocycles. The largest absolute Gasteiger partial charge is 0.443 e. The summed E-state index contributed by atoms with van der Waals surface area (Å²) in [6.07, 6.45) is 1.50. The van der Waals surface area contributed by atoms with Crippen LogP contribution in [0.1, 0.15) is 0 Å². The molecule has 11 nitrogen and oxygen atoms in total. The highest BCUT2D eigenvalue weighted by molar-refractivity contribution is 7.28. The molecule has 0 fully saturated rings. The van der Waals surface area contributed by atoms with Gasteiger partial charge in [0.15, 0.2) is 12.0 Å². The minimum absolute atomic E-state index is 0.807. The smallest absolute Gasteiger partial charge is 0.181 e. The van der Waals surface area contributed by atoms with Crippen LogP contribution in [-0.2, 0) is 0 Å². The van der Waals surface area contributed by atoms with Gasteiger partial charge in [-0.25, -0.2) is 24.9 Å². The number of hydrogen-bond donors (Lipinski definition) is 0. The molecule has 0 saturated carbocycles. The van der Waals surface area contributed by atoms with Crippen LogP contribution in [0.4, 0.5) is 0 Å². The molecule has 145 heavy (non-hydrogen) atoms. The molecule has 0 spiro atoms. The Bertz CT molecular complexity index is 11200. The van der Waals surface area contributed by atoms with Gasteiger partial charge in [0.1, 0.15) is 5.52 Å². The second-order valence-corrected chi connectivity index (χ2v) is 45.4. The number of thiophene rings is 5. The Hall–Kier alpha value is -16.5. The fourth-order valence-corrected chi connectivity index (χ4v) is 31.2. The maximum absolute atomic E-state index is 5.44. The standard InChI is InChI=1S/C25H14N2OS.4C25H14N2S2/c1-3-7-20-18(6-1)24-21(27(20)15-9-12-22-19(13-15)26-14-28-22)11-10-17-16-5-2-4-8-23(16)29-25(17)24;1-3-7-20-18(6-1)24-21(27(20)15-9-11-19-23(13-15)28-14-26-19)12-10-17-16-5-2-4-8-22(16)29-25(17)24;1-3-7-20-16(5-1)17-10-12-22-24(18-6-2-4-8-21(18)29-22)25(17)27(20)15-9-11-19-23(13-15)28-14-26-19;1-3-7-21-16(5-1)18-12-19-17-6-2-4-8-23(17)29-24(19)13-22(18)27(21)15-9-10-20-25(11-15)28-14-26-20;1-3-7-19-16(5-1)24-20(27(19)15-9-10-18-23(13-15)28-14-26-18)11-12-22-25(24)17-6-2-4-8-21(17)29-22/h5*1-14H. The summed E-state index contributed by atoms with van der Waals surface area (Å²) in [5.74, 6) is 0. The molecule has 35 aromatic rings. The number of para-hydroxylation sites is 5. The number of benzene rings is 20. The maximum atomic E-state index is 5.44. The lowest BCUT2D eigenvalue weighted by Gasteiger charge is -2.09. The minimum atomic E-state index is 0.807. The number of nitrogens with zero attached hydrogens (tertiary/aromatic N) is 10. The van der Waals surface area contributed by atoms with Crippen molar-refractivity contribution in [2.45, 2.75) is 0 Å². The first kappa shape index (κ1) is 83.2. The third kappa shape index (κ3) is 13.0. The van der Waals surface area contributed by atoms with Crippen LogP contribution in [-0.4, -0.2) is 47.8 Å². The molecule has 0 radical (unpaired) electrons. The van der Waals surface area contributed by atoms with Crippen molar-refractivity contribution in [2.75, 3.05) is 0 Å². The van der Waals surface area contributed by atoms with Gasteiger partial charge < -0.3 is 27.3 Å². The highest BCUT2D eigenvalue weighted by Gasteiger charge is 2.26. The number of oxazole rings is 1. The molecule has 0 aliphatic rings. The van der Waals surface area contributed by atoms with Crippen LogP contribution >= 0.6 is 102 Å². The molecular weight excluding hydrogens is 1950 g/mol. The Balaban J connectivity index is 0.0000000825. The van der Waals surface area contributed by atoms with E-state index in [2.05, 4.69) is 436 Å². The third-order valence-corrected chi connectivity index (χ3v) is 37.7. The van der Waals surface area contributed by atoms with E-state index >= 15 is 0 Å². The molecule has 15 aromatic heterocycles. The first-order chi connectivity index (χ1) is 71.9. The van der Waals surface area contributed by atoms with E-state index in [1.807, 2.05) is 84.8 Å². The van der Waals surface area contributed by atoms with Crippen molar-refractivity contribution in [1.29, 1.82) is 0 Å². The van der Waals surface area contributed by atoms with Crippen molar-refractivity contribution in [3.05, 3.63) is 423 Å². The molecular formula is C125H70N10OS9. The van der Waals surface area contributed by atoms with Crippen molar-refractivity contribution in [3.8, 4) is 28.4 Å². The van der Waals surface area contributed by atoms with Gasteiger partial charge >= 0.3 is 0 Å². The third-order valence-electron chi connectivity index (χ3n) is 28.7. The van der Waals surface area contributed by atoms with Gasteiger partial charge in [0.2, 0.25) is 0 Å². The van der Waals surface area contributed by atoms with E-state index < -0.39 is 0 Å². The molecule has 0 amide bonds. The Labute approximate surface area is 859 Å². The zero-order chi connectivity index (χ0) is 94.7. The average Bonchev–Trinajstić information content (AvgIpc) is 1.63. The molecule has 0 unspecified atom stereocenters. The zero-order valence-corrected chi connectivity index (χ0v) is 83.8. The van der Waals surface area contributed by atoms with Crippen molar-refractivity contribution in [2.24, 2.45) is 0 Å². The number of aromatic nitrogens is 10. The molecule has 0 bridgehead atoms. The van der Waals surface area contributed by atoms with Crippen LogP contribution < -0.4 is 0 Å². The highest BCUT2D eigenvalue weighted by atomic mass is 32.1. The molecule has 20 heteroatoms. The Kier molecular flexibility index (Phi) is 19.0.